The first-order valence-corrected chi connectivity index (χ1v) is 8.66. The molecule has 0 radical (unpaired) electrons. The normalized spacial score (nSPS) is 16.3. The first-order chi connectivity index (χ1) is 12.6. The summed E-state index contributed by atoms with van der Waals surface area (Å²) in [7, 11) is 0. The maximum absolute atomic E-state index is 12.3. The maximum atomic E-state index is 12.3. The number of ether oxygens (including phenoxy) is 1. The number of benzene rings is 1. The number of rotatable bonds is 4. The molecular formula is C20H20N4O2. The lowest BCUT2D eigenvalue weighted by atomic mass is 9.90. The zero-order valence-electron chi connectivity index (χ0n) is 14.7. The summed E-state index contributed by atoms with van der Waals surface area (Å²) >= 11 is 0. The monoisotopic (exact) mass is 348 g/mol. The molecule has 1 aromatic carbocycles. The van der Waals surface area contributed by atoms with Gasteiger partial charge in [-0.15, -0.1) is 0 Å². The summed E-state index contributed by atoms with van der Waals surface area (Å²) in [5.41, 5.74) is 2.78. The highest BCUT2D eigenvalue weighted by atomic mass is 16.5. The second-order valence-corrected chi connectivity index (χ2v) is 6.60. The standard InChI is InChI=1S/C20H20N4O2/c1-13(2)26-16-7-5-14(6-8-16)17-10-18(25)23-20-19(17)22-12-24(20)15-4-3-9-21-11-15/h3-9,11-13,17H,10H2,1-2H3,(H,23,25). The van der Waals surface area contributed by atoms with Crippen molar-refractivity contribution in [2.75, 3.05) is 5.32 Å². The summed E-state index contributed by atoms with van der Waals surface area (Å²) in [5, 5.41) is 2.95. The number of fused-ring (bicyclic) bond motifs is 1. The molecule has 1 amide bonds. The van der Waals surface area contributed by atoms with E-state index in [0.29, 0.717) is 12.2 Å². The molecule has 1 atom stereocenters. The van der Waals surface area contributed by atoms with Gasteiger partial charge < -0.3 is 10.1 Å². The molecule has 0 saturated heterocycles. The predicted octanol–water partition coefficient (Wildman–Crippen LogP) is 3.53. The molecule has 26 heavy (non-hydrogen) atoms. The van der Waals surface area contributed by atoms with Gasteiger partial charge in [0.25, 0.3) is 0 Å². The van der Waals surface area contributed by atoms with E-state index in [4.69, 9.17) is 4.74 Å². The Morgan fingerprint density at radius 1 is 1.23 bits per heavy atom. The molecule has 0 fully saturated rings. The summed E-state index contributed by atoms with van der Waals surface area (Å²) in [4.78, 5) is 21.0. The molecule has 0 saturated carbocycles. The number of hydrogen-bond donors (Lipinski definition) is 1. The van der Waals surface area contributed by atoms with Gasteiger partial charge in [-0.05, 0) is 43.7 Å². The fraction of sp³-hybridized carbons (Fsp3) is 0.250. The number of amides is 1. The van der Waals surface area contributed by atoms with Crippen LogP contribution in [0.1, 0.15) is 37.4 Å². The Morgan fingerprint density at radius 3 is 2.73 bits per heavy atom. The van der Waals surface area contributed by atoms with Crippen LogP contribution in [0.15, 0.2) is 55.1 Å². The Balaban J connectivity index is 1.70. The van der Waals surface area contributed by atoms with Crippen molar-refractivity contribution in [2.24, 2.45) is 0 Å². The van der Waals surface area contributed by atoms with E-state index in [1.54, 1.807) is 18.7 Å². The number of pyridine rings is 1. The first kappa shape index (κ1) is 16.3. The van der Waals surface area contributed by atoms with Gasteiger partial charge in [-0.1, -0.05) is 12.1 Å². The summed E-state index contributed by atoms with van der Waals surface area (Å²) < 4.78 is 7.57. The minimum Gasteiger partial charge on any atom is -0.491 e. The highest BCUT2D eigenvalue weighted by Crippen LogP contribution is 2.37. The average Bonchev–Trinajstić information content (AvgIpc) is 3.05. The van der Waals surface area contributed by atoms with Gasteiger partial charge in [-0.25, -0.2) is 4.98 Å². The van der Waals surface area contributed by atoms with Crippen molar-refractivity contribution in [3.8, 4) is 11.4 Å². The van der Waals surface area contributed by atoms with Crippen molar-refractivity contribution < 1.29 is 9.53 Å². The molecule has 2 aromatic heterocycles. The Kier molecular flexibility index (Phi) is 4.16. The van der Waals surface area contributed by atoms with Crippen LogP contribution in [0.4, 0.5) is 5.82 Å². The predicted molar refractivity (Wildman–Crippen MR) is 98.7 cm³/mol. The Labute approximate surface area is 151 Å². The molecule has 3 heterocycles. The summed E-state index contributed by atoms with van der Waals surface area (Å²) in [6.45, 7) is 3.99. The Morgan fingerprint density at radius 2 is 2.04 bits per heavy atom. The number of aromatic nitrogens is 3. The van der Waals surface area contributed by atoms with Gasteiger partial charge in [0.2, 0.25) is 5.91 Å². The summed E-state index contributed by atoms with van der Waals surface area (Å²) in [6, 6.07) is 11.7. The topological polar surface area (TPSA) is 69.0 Å². The van der Waals surface area contributed by atoms with Gasteiger partial charge in [0.15, 0.2) is 0 Å². The number of carbonyl (C=O) groups is 1. The van der Waals surface area contributed by atoms with Gasteiger partial charge in [0.05, 0.1) is 23.7 Å². The van der Waals surface area contributed by atoms with Crippen LogP contribution in [0.2, 0.25) is 0 Å². The van der Waals surface area contributed by atoms with E-state index in [9.17, 15) is 4.79 Å². The van der Waals surface area contributed by atoms with Crippen LogP contribution in [0.3, 0.4) is 0 Å². The highest BCUT2D eigenvalue weighted by Gasteiger charge is 2.31. The minimum absolute atomic E-state index is 0.0179. The van der Waals surface area contributed by atoms with E-state index in [0.717, 1.165) is 22.7 Å². The SMILES string of the molecule is CC(C)Oc1ccc(C2CC(=O)Nc3c2ncn3-c2cccnc2)cc1. The maximum Gasteiger partial charge on any atom is 0.226 e. The van der Waals surface area contributed by atoms with E-state index < -0.39 is 0 Å². The molecule has 1 aliphatic heterocycles. The van der Waals surface area contributed by atoms with E-state index in [-0.39, 0.29) is 17.9 Å². The third-order valence-electron chi connectivity index (χ3n) is 4.35. The Bertz CT molecular complexity index is 917. The molecule has 3 aromatic rings. The molecule has 1 N–H and O–H groups in total. The number of hydrogen-bond acceptors (Lipinski definition) is 4. The average molecular weight is 348 g/mol. The van der Waals surface area contributed by atoms with Gasteiger partial charge in [0.1, 0.15) is 17.9 Å². The van der Waals surface area contributed by atoms with Crippen LogP contribution in [0.25, 0.3) is 5.69 Å². The van der Waals surface area contributed by atoms with Crippen LogP contribution < -0.4 is 10.1 Å². The molecule has 6 heteroatoms. The zero-order valence-corrected chi connectivity index (χ0v) is 14.7. The highest BCUT2D eigenvalue weighted by molar-refractivity contribution is 5.94. The fourth-order valence-electron chi connectivity index (χ4n) is 3.23. The minimum atomic E-state index is -0.0789. The quantitative estimate of drug-likeness (QED) is 0.783. The number of nitrogens with zero attached hydrogens (tertiary/aromatic N) is 3. The van der Waals surface area contributed by atoms with Crippen LogP contribution in [-0.4, -0.2) is 26.5 Å². The molecule has 132 valence electrons. The van der Waals surface area contributed by atoms with Crippen molar-refractivity contribution in [3.05, 3.63) is 66.4 Å². The molecule has 0 bridgehead atoms. The van der Waals surface area contributed by atoms with Crippen molar-refractivity contribution in [1.29, 1.82) is 0 Å². The van der Waals surface area contributed by atoms with Crippen molar-refractivity contribution in [3.63, 3.8) is 0 Å². The number of anilines is 1. The third kappa shape index (κ3) is 3.06. The molecule has 4 rings (SSSR count). The third-order valence-corrected chi connectivity index (χ3v) is 4.35. The second-order valence-electron chi connectivity index (χ2n) is 6.60. The van der Waals surface area contributed by atoms with E-state index in [1.165, 1.54) is 0 Å². The van der Waals surface area contributed by atoms with Crippen LogP contribution in [0.5, 0.6) is 5.75 Å². The molecule has 0 aliphatic carbocycles. The summed E-state index contributed by atoms with van der Waals surface area (Å²) in [6.07, 6.45) is 5.70. The Hall–Kier alpha value is -3.15. The largest absolute Gasteiger partial charge is 0.491 e. The van der Waals surface area contributed by atoms with E-state index >= 15 is 0 Å². The van der Waals surface area contributed by atoms with Crippen LogP contribution in [-0.2, 0) is 4.79 Å². The lowest BCUT2D eigenvalue weighted by molar-refractivity contribution is -0.116. The fourth-order valence-corrected chi connectivity index (χ4v) is 3.23. The summed E-state index contributed by atoms with van der Waals surface area (Å²) in [5.74, 6) is 1.44. The lowest BCUT2D eigenvalue weighted by Crippen LogP contribution is -2.24. The number of nitrogens with one attached hydrogen (secondary N) is 1. The molecule has 1 aliphatic rings. The first-order valence-electron chi connectivity index (χ1n) is 8.66. The van der Waals surface area contributed by atoms with Gasteiger partial charge in [-0.3, -0.25) is 14.3 Å². The van der Waals surface area contributed by atoms with Gasteiger partial charge >= 0.3 is 0 Å². The van der Waals surface area contributed by atoms with E-state index in [1.807, 2.05) is 54.8 Å². The van der Waals surface area contributed by atoms with Crippen LogP contribution >= 0.6 is 0 Å². The van der Waals surface area contributed by atoms with Crippen molar-refractivity contribution >= 4 is 11.7 Å². The van der Waals surface area contributed by atoms with E-state index in [2.05, 4.69) is 15.3 Å². The number of imidazole rings is 1. The van der Waals surface area contributed by atoms with Crippen molar-refractivity contribution in [2.45, 2.75) is 32.3 Å². The molecule has 1 unspecified atom stereocenters. The lowest BCUT2D eigenvalue weighted by Gasteiger charge is -2.23. The number of carbonyl (C=O) groups excluding carboxylic acids is 1. The second kappa shape index (κ2) is 6.63. The van der Waals surface area contributed by atoms with Crippen LogP contribution in [0, 0.1) is 0 Å². The molecular weight excluding hydrogens is 328 g/mol. The van der Waals surface area contributed by atoms with Crippen molar-refractivity contribution in [1.82, 2.24) is 14.5 Å². The molecule has 6 nitrogen and oxygen atoms in total. The molecule has 0 spiro atoms. The smallest absolute Gasteiger partial charge is 0.226 e. The van der Waals surface area contributed by atoms with Gasteiger partial charge in [-0.2, -0.15) is 0 Å². The zero-order chi connectivity index (χ0) is 18.1. The van der Waals surface area contributed by atoms with Gasteiger partial charge in [0, 0.05) is 18.5 Å².